The Balaban J connectivity index is 1.64. The summed E-state index contributed by atoms with van der Waals surface area (Å²) in [5.41, 5.74) is 0.524. The number of ether oxygens (including phenoxy) is 1. The van der Waals surface area contributed by atoms with Crippen LogP contribution in [-0.2, 0) is 11.3 Å². The van der Waals surface area contributed by atoms with Crippen molar-refractivity contribution in [3.63, 3.8) is 0 Å². The standard InChI is InChI=1S/C13H13BrFN3O2/c14-9-3-4-10(15)8(6-9)7-16-13-18-17-12(20-13)11-2-1-5-19-11/h3-4,6,11H,1-2,5,7H2,(H,16,18)/t11-/m0/s1. The average Bonchev–Trinajstić information content (AvgIpc) is 3.09. The Labute approximate surface area is 123 Å². The number of aromatic nitrogens is 2. The number of anilines is 1. The van der Waals surface area contributed by atoms with Gasteiger partial charge in [0.15, 0.2) is 0 Å². The van der Waals surface area contributed by atoms with Crippen molar-refractivity contribution in [3.05, 3.63) is 39.9 Å². The van der Waals surface area contributed by atoms with Gasteiger partial charge < -0.3 is 14.5 Å². The van der Waals surface area contributed by atoms with Crippen molar-refractivity contribution < 1.29 is 13.5 Å². The molecule has 1 N–H and O–H groups in total. The second-order valence-electron chi connectivity index (χ2n) is 4.54. The first-order chi connectivity index (χ1) is 9.72. The summed E-state index contributed by atoms with van der Waals surface area (Å²) in [7, 11) is 0. The third-order valence-corrected chi connectivity index (χ3v) is 3.58. The van der Waals surface area contributed by atoms with Crippen molar-refractivity contribution in [2.75, 3.05) is 11.9 Å². The molecule has 0 spiro atoms. The molecule has 0 radical (unpaired) electrons. The zero-order valence-electron chi connectivity index (χ0n) is 10.6. The normalized spacial score (nSPS) is 18.4. The molecule has 1 aliphatic heterocycles. The lowest BCUT2D eigenvalue weighted by atomic mass is 10.2. The van der Waals surface area contributed by atoms with Gasteiger partial charge >= 0.3 is 6.01 Å². The van der Waals surface area contributed by atoms with Gasteiger partial charge in [-0.15, -0.1) is 5.10 Å². The van der Waals surface area contributed by atoms with Gasteiger partial charge in [0.1, 0.15) is 11.9 Å². The van der Waals surface area contributed by atoms with Crippen LogP contribution in [0.4, 0.5) is 10.4 Å². The van der Waals surface area contributed by atoms with Crippen molar-refractivity contribution >= 4 is 21.9 Å². The van der Waals surface area contributed by atoms with E-state index >= 15 is 0 Å². The Morgan fingerprint density at radius 1 is 1.40 bits per heavy atom. The summed E-state index contributed by atoms with van der Waals surface area (Å²) in [5.74, 6) is 0.194. The summed E-state index contributed by atoms with van der Waals surface area (Å²) in [5, 5.41) is 10.7. The topological polar surface area (TPSA) is 60.2 Å². The molecule has 20 heavy (non-hydrogen) atoms. The van der Waals surface area contributed by atoms with Gasteiger partial charge in [0.2, 0.25) is 5.89 Å². The summed E-state index contributed by atoms with van der Waals surface area (Å²) in [6.45, 7) is 0.998. The van der Waals surface area contributed by atoms with Crippen LogP contribution in [-0.4, -0.2) is 16.8 Å². The fourth-order valence-electron chi connectivity index (χ4n) is 2.06. The lowest BCUT2D eigenvalue weighted by Gasteiger charge is -2.04. The fraction of sp³-hybridized carbons (Fsp3) is 0.385. The third-order valence-electron chi connectivity index (χ3n) is 3.08. The Hall–Kier alpha value is -1.47. The highest BCUT2D eigenvalue weighted by Gasteiger charge is 2.23. The van der Waals surface area contributed by atoms with E-state index in [1.807, 2.05) is 0 Å². The predicted molar refractivity (Wildman–Crippen MR) is 73.7 cm³/mol. The highest BCUT2D eigenvalue weighted by Crippen LogP contribution is 2.28. The van der Waals surface area contributed by atoms with Gasteiger partial charge in [-0.2, -0.15) is 0 Å². The summed E-state index contributed by atoms with van der Waals surface area (Å²) in [4.78, 5) is 0. The van der Waals surface area contributed by atoms with E-state index in [1.54, 1.807) is 12.1 Å². The molecule has 0 unspecified atom stereocenters. The maximum Gasteiger partial charge on any atom is 0.315 e. The van der Waals surface area contributed by atoms with Crippen molar-refractivity contribution in [2.45, 2.75) is 25.5 Å². The van der Waals surface area contributed by atoms with E-state index in [2.05, 4.69) is 31.4 Å². The second-order valence-corrected chi connectivity index (χ2v) is 5.45. The number of halogens is 2. The van der Waals surface area contributed by atoms with Crippen LogP contribution in [0.3, 0.4) is 0 Å². The van der Waals surface area contributed by atoms with Gasteiger partial charge in [0.25, 0.3) is 0 Å². The van der Waals surface area contributed by atoms with Gasteiger partial charge in [-0.05, 0) is 31.0 Å². The number of rotatable bonds is 4. The van der Waals surface area contributed by atoms with Gasteiger partial charge in [0, 0.05) is 23.2 Å². The molecular weight excluding hydrogens is 329 g/mol. The molecule has 1 aromatic carbocycles. The van der Waals surface area contributed by atoms with Crippen LogP contribution in [0.2, 0.25) is 0 Å². The first-order valence-electron chi connectivity index (χ1n) is 6.35. The second kappa shape index (κ2) is 5.88. The van der Waals surface area contributed by atoms with Gasteiger partial charge in [-0.25, -0.2) is 4.39 Å². The summed E-state index contributed by atoms with van der Waals surface area (Å²) < 4.78 is 25.3. The van der Waals surface area contributed by atoms with Crippen LogP contribution in [0.5, 0.6) is 0 Å². The molecule has 1 aromatic heterocycles. The molecule has 0 amide bonds. The molecule has 106 valence electrons. The van der Waals surface area contributed by atoms with Crippen molar-refractivity contribution in [1.82, 2.24) is 10.2 Å². The summed E-state index contributed by atoms with van der Waals surface area (Å²) in [6, 6.07) is 5.04. The summed E-state index contributed by atoms with van der Waals surface area (Å²) >= 11 is 3.31. The molecule has 1 saturated heterocycles. The molecular formula is C13H13BrFN3O2. The molecule has 3 rings (SSSR count). The van der Waals surface area contributed by atoms with Crippen molar-refractivity contribution in [1.29, 1.82) is 0 Å². The molecule has 7 heteroatoms. The smallest absolute Gasteiger partial charge is 0.315 e. The van der Waals surface area contributed by atoms with E-state index in [0.717, 1.165) is 23.9 Å². The molecule has 1 fully saturated rings. The maximum atomic E-state index is 13.6. The predicted octanol–water partition coefficient (Wildman–Crippen LogP) is 3.43. The van der Waals surface area contributed by atoms with Crippen LogP contribution in [0.1, 0.15) is 30.4 Å². The average molecular weight is 342 g/mol. The molecule has 2 heterocycles. The molecule has 0 saturated carbocycles. The Morgan fingerprint density at radius 2 is 2.30 bits per heavy atom. The van der Waals surface area contributed by atoms with E-state index in [0.29, 0.717) is 11.5 Å². The maximum absolute atomic E-state index is 13.6. The van der Waals surface area contributed by atoms with Gasteiger partial charge in [0.05, 0.1) is 0 Å². The SMILES string of the molecule is Fc1ccc(Br)cc1CNc1nnc([C@@H]2CCCO2)o1. The first kappa shape index (κ1) is 13.5. The highest BCUT2D eigenvalue weighted by molar-refractivity contribution is 9.10. The van der Waals surface area contributed by atoms with E-state index in [9.17, 15) is 4.39 Å². The van der Waals surface area contributed by atoms with Crippen LogP contribution in [0, 0.1) is 5.82 Å². The van der Waals surface area contributed by atoms with E-state index in [4.69, 9.17) is 9.15 Å². The number of nitrogens with one attached hydrogen (secondary N) is 1. The van der Waals surface area contributed by atoms with Crippen molar-refractivity contribution in [3.8, 4) is 0 Å². The Bertz CT molecular complexity index is 599. The van der Waals surface area contributed by atoms with E-state index in [-0.39, 0.29) is 24.5 Å². The molecule has 0 bridgehead atoms. The minimum Gasteiger partial charge on any atom is -0.405 e. The molecule has 5 nitrogen and oxygen atoms in total. The molecule has 0 aliphatic carbocycles. The lowest BCUT2D eigenvalue weighted by Crippen LogP contribution is -2.02. The van der Waals surface area contributed by atoms with Gasteiger partial charge in [-0.1, -0.05) is 21.0 Å². The number of hydrogen-bond acceptors (Lipinski definition) is 5. The third kappa shape index (κ3) is 2.99. The Morgan fingerprint density at radius 3 is 3.10 bits per heavy atom. The minimum absolute atomic E-state index is 0.111. The Kier molecular flexibility index (Phi) is 3.98. The van der Waals surface area contributed by atoms with E-state index in [1.165, 1.54) is 6.07 Å². The van der Waals surface area contributed by atoms with Crippen LogP contribution in [0.15, 0.2) is 27.1 Å². The van der Waals surface area contributed by atoms with Crippen LogP contribution >= 0.6 is 15.9 Å². The quantitative estimate of drug-likeness (QED) is 0.922. The van der Waals surface area contributed by atoms with Crippen LogP contribution < -0.4 is 5.32 Å². The highest BCUT2D eigenvalue weighted by atomic mass is 79.9. The minimum atomic E-state index is -0.278. The zero-order valence-corrected chi connectivity index (χ0v) is 12.2. The number of benzene rings is 1. The number of nitrogens with zero attached hydrogens (tertiary/aromatic N) is 2. The zero-order chi connectivity index (χ0) is 13.9. The monoisotopic (exact) mass is 341 g/mol. The number of hydrogen-bond donors (Lipinski definition) is 1. The molecule has 1 atom stereocenters. The van der Waals surface area contributed by atoms with Crippen LogP contribution in [0.25, 0.3) is 0 Å². The molecule has 2 aromatic rings. The first-order valence-corrected chi connectivity index (χ1v) is 7.14. The van der Waals surface area contributed by atoms with Gasteiger partial charge in [-0.3, -0.25) is 0 Å². The lowest BCUT2D eigenvalue weighted by molar-refractivity contribution is 0.0897. The fourth-order valence-corrected chi connectivity index (χ4v) is 2.47. The van der Waals surface area contributed by atoms with E-state index < -0.39 is 0 Å². The summed E-state index contributed by atoms with van der Waals surface area (Å²) in [6.07, 6.45) is 1.78. The van der Waals surface area contributed by atoms with Crippen molar-refractivity contribution in [2.24, 2.45) is 0 Å². The largest absolute Gasteiger partial charge is 0.405 e. The molecule has 1 aliphatic rings.